The van der Waals surface area contributed by atoms with Crippen LogP contribution in [0.5, 0.6) is 0 Å². The van der Waals surface area contributed by atoms with E-state index in [2.05, 4.69) is 5.32 Å². The number of anilines is 1. The van der Waals surface area contributed by atoms with Gasteiger partial charge < -0.3 is 15.3 Å². The molecule has 1 aliphatic rings. The Hall–Kier alpha value is -1.59. The molecule has 0 unspecified atom stereocenters. The van der Waals surface area contributed by atoms with Crippen LogP contribution in [0.25, 0.3) is 0 Å². The van der Waals surface area contributed by atoms with Crippen molar-refractivity contribution in [3.63, 3.8) is 0 Å². The van der Waals surface area contributed by atoms with Crippen molar-refractivity contribution in [3.05, 3.63) is 28.8 Å². The van der Waals surface area contributed by atoms with Gasteiger partial charge in [0, 0.05) is 25.2 Å². The minimum atomic E-state index is -0.457. The van der Waals surface area contributed by atoms with Gasteiger partial charge in [0.05, 0.1) is 16.7 Å². The summed E-state index contributed by atoms with van der Waals surface area (Å²) in [5.41, 5.74) is 0.889. The van der Waals surface area contributed by atoms with Crippen LogP contribution in [0.15, 0.2) is 18.2 Å². The molecule has 0 bridgehead atoms. The smallest absolute Gasteiger partial charge is 0.255 e. The van der Waals surface area contributed by atoms with Gasteiger partial charge in [-0.1, -0.05) is 25.4 Å². The average molecular weight is 311 g/mol. The van der Waals surface area contributed by atoms with Crippen LogP contribution in [0.1, 0.15) is 30.6 Å². The SMILES string of the molecule is CC(C)CC(=O)Nc1ccc(Cl)c(C(=O)N2CC(O)C2)c1. The fourth-order valence-electron chi connectivity index (χ4n) is 2.14. The molecule has 114 valence electrons. The highest BCUT2D eigenvalue weighted by atomic mass is 35.5. The van der Waals surface area contributed by atoms with Crippen molar-refractivity contribution in [1.29, 1.82) is 0 Å². The Balaban J connectivity index is 2.10. The number of halogens is 1. The molecule has 2 rings (SSSR count). The Labute approximate surface area is 128 Å². The summed E-state index contributed by atoms with van der Waals surface area (Å²) in [4.78, 5) is 25.5. The number of carbonyl (C=O) groups is 2. The number of hydrogen-bond acceptors (Lipinski definition) is 3. The van der Waals surface area contributed by atoms with E-state index in [-0.39, 0.29) is 17.7 Å². The Kier molecular flexibility index (Phi) is 4.85. The number of hydrogen-bond donors (Lipinski definition) is 2. The molecule has 6 heteroatoms. The van der Waals surface area contributed by atoms with E-state index in [1.165, 1.54) is 4.90 Å². The van der Waals surface area contributed by atoms with Gasteiger partial charge in [0.25, 0.3) is 5.91 Å². The summed E-state index contributed by atoms with van der Waals surface area (Å²) in [7, 11) is 0. The zero-order valence-corrected chi connectivity index (χ0v) is 12.9. The largest absolute Gasteiger partial charge is 0.389 e. The predicted molar refractivity (Wildman–Crippen MR) is 81.4 cm³/mol. The number of benzene rings is 1. The first-order valence-electron chi connectivity index (χ1n) is 6.93. The number of aliphatic hydroxyl groups is 1. The topological polar surface area (TPSA) is 69.6 Å². The van der Waals surface area contributed by atoms with E-state index >= 15 is 0 Å². The second-order valence-electron chi connectivity index (χ2n) is 5.70. The molecule has 0 saturated carbocycles. The Bertz CT molecular complexity index is 554. The highest BCUT2D eigenvalue weighted by Gasteiger charge is 2.30. The number of β-amino-alcohol motifs (C(OH)–C–C–N with tert-alkyl or cyclic N) is 1. The summed E-state index contributed by atoms with van der Waals surface area (Å²) in [6, 6.07) is 4.84. The molecule has 0 aromatic heterocycles. The quantitative estimate of drug-likeness (QED) is 0.895. The molecule has 1 aromatic rings. The summed E-state index contributed by atoms with van der Waals surface area (Å²) in [6.45, 7) is 4.56. The van der Waals surface area contributed by atoms with Crippen LogP contribution < -0.4 is 5.32 Å². The molecule has 0 atom stereocenters. The summed E-state index contributed by atoms with van der Waals surface area (Å²) >= 11 is 6.05. The van der Waals surface area contributed by atoms with Crippen molar-refractivity contribution in [3.8, 4) is 0 Å². The number of likely N-dealkylation sites (tertiary alicyclic amines) is 1. The first-order chi connectivity index (χ1) is 9.86. The zero-order valence-electron chi connectivity index (χ0n) is 12.1. The maximum Gasteiger partial charge on any atom is 0.255 e. The minimum Gasteiger partial charge on any atom is -0.389 e. The molecule has 2 N–H and O–H groups in total. The first kappa shape index (κ1) is 15.8. The van der Waals surface area contributed by atoms with E-state index in [0.29, 0.717) is 35.8 Å². The van der Waals surface area contributed by atoms with Crippen LogP contribution in [-0.4, -0.2) is 41.0 Å². The summed E-state index contributed by atoms with van der Waals surface area (Å²) < 4.78 is 0. The van der Waals surface area contributed by atoms with Gasteiger partial charge in [0.15, 0.2) is 0 Å². The molecule has 1 fully saturated rings. The predicted octanol–water partition coefficient (Wildman–Crippen LogP) is 2.14. The van der Waals surface area contributed by atoms with Gasteiger partial charge in [-0.05, 0) is 24.1 Å². The van der Waals surface area contributed by atoms with Crippen LogP contribution in [0.2, 0.25) is 5.02 Å². The summed E-state index contributed by atoms with van der Waals surface area (Å²) in [5, 5.41) is 12.4. The highest BCUT2D eigenvalue weighted by molar-refractivity contribution is 6.34. The number of amides is 2. The van der Waals surface area contributed by atoms with Crippen molar-refractivity contribution in [2.24, 2.45) is 5.92 Å². The van der Waals surface area contributed by atoms with Crippen LogP contribution in [0, 0.1) is 5.92 Å². The van der Waals surface area contributed by atoms with Crippen molar-refractivity contribution in [1.82, 2.24) is 4.90 Å². The van der Waals surface area contributed by atoms with E-state index in [1.54, 1.807) is 18.2 Å². The van der Waals surface area contributed by atoms with E-state index in [1.807, 2.05) is 13.8 Å². The van der Waals surface area contributed by atoms with Crippen molar-refractivity contribution >= 4 is 29.1 Å². The molecule has 21 heavy (non-hydrogen) atoms. The Morgan fingerprint density at radius 2 is 2.10 bits per heavy atom. The molecule has 5 nitrogen and oxygen atoms in total. The lowest BCUT2D eigenvalue weighted by Crippen LogP contribution is -2.53. The molecular weight excluding hydrogens is 292 g/mol. The standard InChI is InChI=1S/C15H19ClN2O3/c1-9(2)5-14(20)17-10-3-4-13(16)12(6-10)15(21)18-7-11(19)8-18/h3-4,6,9,11,19H,5,7-8H2,1-2H3,(H,17,20). The van der Waals surface area contributed by atoms with E-state index in [9.17, 15) is 14.7 Å². The molecule has 0 spiro atoms. The van der Waals surface area contributed by atoms with Crippen LogP contribution in [0.4, 0.5) is 5.69 Å². The second kappa shape index (κ2) is 6.45. The van der Waals surface area contributed by atoms with Crippen molar-refractivity contribution in [2.45, 2.75) is 26.4 Å². The Morgan fingerprint density at radius 3 is 2.67 bits per heavy atom. The fraction of sp³-hybridized carbons (Fsp3) is 0.467. The van der Waals surface area contributed by atoms with Crippen LogP contribution in [-0.2, 0) is 4.79 Å². The van der Waals surface area contributed by atoms with Gasteiger partial charge in [-0.15, -0.1) is 0 Å². The number of nitrogens with one attached hydrogen (secondary N) is 1. The molecule has 0 radical (unpaired) electrons. The highest BCUT2D eigenvalue weighted by Crippen LogP contribution is 2.24. The maximum absolute atomic E-state index is 12.2. The van der Waals surface area contributed by atoms with Gasteiger partial charge >= 0.3 is 0 Å². The van der Waals surface area contributed by atoms with E-state index in [4.69, 9.17) is 11.6 Å². The minimum absolute atomic E-state index is 0.0925. The molecule has 1 aromatic carbocycles. The molecule has 1 aliphatic heterocycles. The molecule has 1 saturated heterocycles. The van der Waals surface area contributed by atoms with E-state index in [0.717, 1.165) is 0 Å². The van der Waals surface area contributed by atoms with Gasteiger partial charge in [0.2, 0.25) is 5.91 Å². The lowest BCUT2D eigenvalue weighted by molar-refractivity contribution is -0.116. The maximum atomic E-state index is 12.2. The third-order valence-electron chi connectivity index (χ3n) is 3.22. The summed E-state index contributed by atoms with van der Waals surface area (Å²) in [6.07, 6.45) is -0.0359. The van der Waals surface area contributed by atoms with E-state index < -0.39 is 6.10 Å². The fourth-order valence-corrected chi connectivity index (χ4v) is 2.34. The van der Waals surface area contributed by atoms with Crippen molar-refractivity contribution in [2.75, 3.05) is 18.4 Å². The lowest BCUT2D eigenvalue weighted by Gasteiger charge is -2.36. The zero-order chi connectivity index (χ0) is 15.6. The van der Waals surface area contributed by atoms with Crippen LogP contribution >= 0.6 is 11.6 Å². The van der Waals surface area contributed by atoms with Gasteiger partial charge in [-0.3, -0.25) is 9.59 Å². The first-order valence-corrected chi connectivity index (χ1v) is 7.31. The van der Waals surface area contributed by atoms with Gasteiger partial charge in [0.1, 0.15) is 0 Å². The number of aliphatic hydroxyl groups excluding tert-OH is 1. The number of rotatable bonds is 4. The molecular formula is C15H19ClN2O3. The average Bonchev–Trinajstić information content (AvgIpc) is 2.35. The van der Waals surface area contributed by atoms with Crippen LogP contribution in [0.3, 0.4) is 0 Å². The normalized spacial score (nSPS) is 15.0. The summed E-state index contributed by atoms with van der Waals surface area (Å²) in [5.74, 6) is -0.0590. The van der Waals surface area contributed by atoms with Crippen molar-refractivity contribution < 1.29 is 14.7 Å². The second-order valence-corrected chi connectivity index (χ2v) is 6.11. The van der Waals surface area contributed by atoms with Gasteiger partial charge in [-0.2, -0.15) is 0 Å². The van der Waals surface area contributed by atoms with Gasteiger partial charge in [-0.25, -0.2) is 0 Å². The Morgan fingerprint density at radius 1 is 1.43 bits per heavy atom. The third kappa shape index (κ3) is 3.95. The third-order valence-corrected chi connectivity index (χ3v) is 3.55. The lowest BCUT2D eigenvalue weighted by atomic mass is 10.1. The number of carbonyl (C=O) groups excluding carboxylic acids is 2. The monoisotopic (exact) mass is 310 g/mol. The molecule has 2 amide bonds. The molecule has 1 heterocycles. The molecule has 0 aliphatic carbocycles. The number of nitrogens with zero attached hydrogens (tertiary/aromatic N) is 1.